The molecule has 2 heterocycles. The zero-order valence-corrected chi connectivity index (χ0v) is 18.2. The summed E-state index contributed by atoms with van der Waals surface area (Å²) in [5.74, 6) is 0.778. The Balaban J connectivity index is 1.70. The number of anilines is 1. The van der Waals surface area contributed by atoms with Gasteiger partial charge in [-0.1, -0.05) is 36.4 Å². The zero-order chi connectivity index (χ0) is 23.1. The number of pyridine rings is 1. The summed E-state index contributed by atoms with van der Waals surface area (Å²) in [6, 6.07) is 17.7. The Morgan fingerprint density at radius 2 is 1.76 bits per heavy atom. The van der Waals surface area contributed by atoms with Gasteiger partial charge in [0, 0.05) is 17.1 Å². The molecule has 33 heavy (non-hydrogen) atoms. The molecule has 166 valence electrons. The summed E-state index contributed by atoms with van der Waals surface area (Å²) >= 11 is 0. The van der Waals surface area contributed by atoms with Crippen LogP contribution in [0.25, 0.3) is 32.9 Å². The summed E-state index contributed by atoms with van der Waals surface area (Å²) in [6.07, 6.45) is 1.75. The van der Waals surface area contributed by atoms with Crippen LogP contribution >= 0.6 is 0 Å². The van der Waals surface area contributed by atoms with Gasteiger partial charge in [-0.25, -0.2) is 9.37 Å². The highest BCUT2D eigenvalue weighted by atomic mass is 19.1. The minimum atomic E-state index is -0.415. The van der Waals surface area contributed by atoms with Gasteiger partial charge in [-0.2, -0.15) is 0 Å². The quantitative estimate of drug-likeness (QED) is 0.383. The van der Waals surface area contributed by atoms with E-state index in [4.69, 9.17) is 20.2 Å². The number of rotatable bonds is 5. The Morgan fingerprint density at radius 3 is 2.48 bits per heavy atom. The van der Waals surface area contributed by atoms with Crippen LogP contribution < -0.4 is 15.2 Å². The fraction of sp³-hybridized carbons (Fsp3) is 0.115. The zero-order valence-electron chi connectivity index (χ0n) is 18.2. The number of benzene rings is 3. The van der Waals surface area contributed by atoms with Gasteiger partial charge in [-0.15, -0.1) is 0 Å². The number of nitrogens with two attached hydrogens (primary N) is 1. The second kappa shape index (κ2) is 8.02. The van der Waals surface area contributed by atoms with Crippen LogP contribution in [0.5, 0.6) is 17.4 Å². The fourth-order valence-electron chi connectivity index (χ4n) is 4.20. The van der Waals surface area contributed by atoms with Crippen molar-refractivity contribution in [2.45, 2.75) is 6.54 Å². The topological polar surface area (TPSA) is 82.5 Å². The third kappa shape index (κ3) is 3.38. The third-order valence-corrected chi connectivity index (χ3v) is 5.83. The number of ether oxygens (including phenoxy) is 2. The van der Waals surface area contributed by atoms with Crippen molar-refractivity contribution >= 4 is 27.5 Å². The van der Waals surface area contributed by atoms with Crippen molar-refractivity contribution in [3.8, 4) is 28.5 Å². The predicted octanol–water partition coefficient (Wildman–Crippen LogP) is 5.35. The molecule has 0 aliphatic heterocycles. The van der Waals surface area contributed by atoms with Crippen molar-refractivity contribution in [3.05, 3.63) is 78.2 Å². The maximum atomic E-state index is 14.8. The van der Waals surface area contributed by atoms with E-state index in [1.165, 1.54) is 13.2 Å². The molecular formula is C26H22FN3O3. The molecule has 0 saturated carbocycles. The second-order valence-corrected chi connectivity index (χ2v) is 7.73. The second-order valence-electron chi connectivity index (χ2n) is 7.73. The summed E-state index contributed by atoms with van der Waals surface area (Å²) in [4.78, 5) is 4.78. The average molecular weight is 443 g/mol. The van der Waals surface area contributed by atoms with Crippen molar-refractivity contribution in [3.63, 3.8) is 0 Å². The SMILES string of the molecule is COc1ccc(Cn2cc3nc4c(-c5c(F)cccc5OC)cccc4c(N)c3c2O)cc1. The van der Waals surface area contributed by atoms with Gasteiger partial charge in [0.25, 0.3) is 0 Å². The first-order valence-electron chi connectivity index (χ1n) is 10.4. The third-order valence-electron chi connectivity index (χ3n) is 5.83. The molecule has 3 N–H and O–H groups in total. The molecule has 0 bridgehead atoms. The lowest BCUT2D eigenvalue weighted by atomic mass is 9.99. The highest BCUT2D eigenvalue weighted by Gasteiger charge is 2.20. The van der Waals surface area contributed by atoms with Crippen molar-refractivity contribution in [1.82, 2.24) is 9.55 Å². The number of para-hydroxylation sites is 1. The number of nitrogens with zero attached hydrogens (tertiary/aromatic N) is 2. The van der Waals surface area contributed by atoms with E-state index in [9.17, 15) is 9.50 Å². The number of methoxy groups -OCH3 is 2. The lowest BCUT2D eigenvalue weighted by Crippen LogP contribution is -1.97. The van der Waals surface area contributed by atoms with Crippen LogP contribution in [0.3, 0.4) is 0 Å². The van der Waals surface area contributed by atoms with Gasteiger partial charge in [0.15, 0.2) is 0 Å². The molecule has 2 aromatic heterocycles. The molecule has 6 nitrogen and oxygen atoms in total. The first-order valence-corrected chi connectivity index (χ1v) is 10.4. The highest BCUT2D eigenvalue weighted by Crippen LogP contribution is 2.41. The molecule has 3 aromatic carbocycles. The Kier molecular flexibility index (Phi) is 5.01. The molecule has 0 unspecified atom stereocenters. The summed E-state index contributed by atoms with van der Waals surface area (Å²) in [5, 5.41) is 12.0. The van der Waals surface area contributed by atoms with E-state index in [1.54, 1.807) is 42.1 Å². The first-order chi connectivity index (χ1) is 16.0. The van der Waals surface area contributed by atoms with Crippen LogP contribution in [0.15, 0.2) is 66.9 Å². The Bertz CT molecular complexity index is 1490. The van der Waals surface area contributed by atoms with E-state index in [0.29, 0.717) is 50.9 Å². The van der Waals surface area contributed by atoms with E-state index in [2.05, 4.69) is 0 Å². The molecule has 0 saturated heterocycles. The molecule has 0 aliphatic carbocycles. The van der Waals surface area contributed by atoms with Crippen LogP contribution in [0.2, 0.25) is 0 Å². The van der Waals surface area contributed by atoms with E-state index < -0.39 is 5.82 Å². The smallest absolute Gasteiger partial charge is 0.203 e. The number of fused-ring (bicyclic) bond motifs is 2. The van der Waals surface area contributed by atoms with E-state index in [-0.39, 0.29) is 5.88 Å². The van der Waals surface area contributed by atoms with Gasteiger partial charge in [0.2, 0.25) is 5.88 Å². The Labute approximate surface area is 189 Å². The summed E-state index contributed by atoms with van der Waals surface area (Å²) in [5.41, 5.74) is 9.81. The Hall–Kier alpha value is -4.26. The number of hydrogen-bond acceptors (Lipinski definition) is 5. The normalized spacial score (nSPS) is 11.2. The molecule has 0 radical (unpaired) electrons. The fourth-order valence-corrected chi connectivity index (χ4v) is 4.20. The maximum absolute atomic E-state index is 14.8. The highest BCUT2D eigenvalue weighted by molar-refractivity contribution is 6.12. The lowest BCUT2D eigenvalue weighted by molar-refractivity contribution is 0.413. The molecule has 0 atom stereocenters. The predicted molar refractivity (Wildman–Crippen MR) is 127 cm³/mol. The van der Waals surface area contributed by atoms with E-state index in [1.807, 2.05) is 30.3 Å². The average Bonchev–Trinajstić information content (AvgIpc) is 3.14. The van der Waals surface area contributed by atoms with Crippen LogP contribution in [0.4, 0.5) is 10.1 Å². The Morgan fingerprint density at radius 1 is 1.00 bits per heavy atom. The largest absolute Gasteiger partial charge is 0.497 e. The minimum Gasteiger partial charge on any atom is -0.497 e. The van der Waals surface area contributed by atoms with E-state index >= 15 is 0 Å². The molecule has 5 aromatic rings. The van der Waals surface area contributed by atoms with Crippen LogP contribution in [0, 0.1) is 5.82 Å². The number of hydrogen-bond donors (Lipinski definition) is 2. The van der Waals surface area contributed by atoms with Gasteiger partial charge in [0.05, 0.1) is 48.4 Å². The first kappa shape index (κ1) is 20.6. The van der Waals surface area contributed by atoms with Crippen molar-refractivity contribution in [2.24, 2.45) is 0 Å². The summed E-state index contributed by atoms with van der Waals surface area (Å²) in [6.45, 7) is 0.427. The van der Waals surface area contributed by atoms with Gasteiger partial charge in [-0.3, -0.25) is 0 Å². The van der Waals surface area contributed by atoms with Gasteiger partial charge < -0.3 is 24.9 Å². The molecule has 0 amide bonds. The molecule has 0 fully saturated rings. The summed E-state index contributed by atoms with van der Waals surface area (Å²) < 4.78 is 27.1. The van der Waals surface area contributed by atoms with E-state index in [0.717, 1.165) is 11.3 Å². The molecular weight excluding hydrogens is 421 g/mol. The molecule has 7 heteroatoms. The monoisotopic (exact) mass is 443 g/mol. The van der Waals surface area contributed by atoms with Crippen molar-refractivity contribution in [2.75, 3.05) is 20.0 Å². The maximum Gasteiger partial charge on any atom is 0.203 e. The minimum absolute atomic E-state index is 0.0293. The summed E-state index contributed by atoms with van der Waals surface area (Å²) in [7, 11) is 3.12. The van der Waals surface area contributed by atoms with Crippen LogP contribution in [-0.2, 0) is 6.54 Å². The molecule has 0 aliphatic rings. The molecule has 5 rings (SSSR count). The van der Waals surface area contributed by atoms with Gasteiger partial charge in [-0.05, 0) is 29.8 Å². The number of aromatic hydroxyl groups is 1. The lowest BCUT2D eigenvalue weighted by Gasteiger charge is -2.13. The van der Waals surface area contributed by atoms with Crippen molar-refractivity contribution in [1.29, 1.82) is 0 Å². The standard InChI is InChI=1S/C26H22FN3O3/c1-32-16-11-9-15(10-12-16)13-30-14-20-23(26(30)31)24(28)18-6-3-5-17(25(18)29-20)22-19(27)7-4-8-21(22)33-2/h3-12,14,31H,13,28H2,1-2H3. The van der Waals surface area contributed by atoms with Crippen LogP contribution in [-0.4, -0.2) is 28.9 Å². The van der Waals surface area contributed by atoms with Crippen LogP contribution in [0.1, 0.15) is 5.56 Å². The number of aromatic nitrogens is 2. The molecule has 0 spiro atoms. The van der Waals surface area contributed by atoms with Gasteiger partial charge >= 0.3 is 0 Å². The van der Waals surface area contributed by atoms with Gasteiger partial charge in [0.1, 0.15) is 17.3 Å². The number of nitrogen functional groups attached to an aromatic ring is 1. The number of halogens is 1. The van der Waals surface area contributed by atoms with Crippen molar-refractivity contribution < 1.29 is 19.0 Å².